The molecular weight excluding hydrogens is 341 g/mol. The molecule has 1 heterocycles. The minimum atomic E-state index is -0.306. The van der Waals surface area contributed by atoms with E-state index in [1.807, 2.05) is 13.0 Å². The quantitative estimate of drug-likeness (QED) is 0.846. The number of terminal acetylenes is 1. The Morgan fingerprint density at radius 1 is 1.22 bits per heavy atom. The molecule has 0 radical (unpaired) electrons. The summed E-state index contributed by atoms with van der Waals surface area (Å²) >= 11 is 0. The zero-order valence-electron chi connectivity index (χ0n) is 15.8. The molecule has 1 N–H and O–H groups in total. The smallest absolute Gasteiger partial charge is 0.255 e. The molecule has 1 amide bonds. The highest BCUT2D eigenvalue weighted by molar-refractivity contribution is 6.05. The van der Waals surface area contributed by atoms with Gasteiger partial charge in [0.25, 0.3) is 5.91 Å². The summed E-state index contributed by atoms with van der Waals surface area (Å²) < 4.78 is 14.5. The third-order valence-corrected chi connectivity index (χ3v) is 5.00. The second-order valence-electron chi connectivity index (χ2n) is 6.97. The highest BCUT2D eigenvalue weighted by Gasteiger charge is 2.19. The highest BCUT2D eigenvalue weighted by Crippen LogP contribution is 2.23. The molecule has 0 atom stereocenters. The summed E-state index contributed by atoms with van der Waals surface area (Å²) in [7, 11) is 2.08. The average molecular weight is 365 g/mol. The van der Waals surface area contributed by atoms with Crippen LogP contribution in [0.4, 0.5) is 10.1 Å². The lowest BCUT2D eigenvalue weighted by Crippen LogP contribution is -2.44. The van der Waals surface area contributed by atoms with E-state index >= 15 is 0 Å². The van der Waals surface area contributed by atoms with Crippen LogP contribution in [0.3, 0.4) is 0 Å². The Balaban J connectivity index is 1.79. The Kier molecular flexibility index (Phi) is 5.90. The van der Waals surface area contributed by atoms with Crippen molar-refractivity contribution in [2.75, 3.05) is 38.5 Å². The number of carbonyl (C=O) groups is 1. The van der Waals surface area contributed by atoms with Gasteiger partial charge < -0.3 is 10.2 Å². The molecule has 1 aliphatic heterocycles. The van der Waals surface area contributed by atoms with E-state index in [9.17, 15) is 9.18 Å². The van der Waals surface area contributed by atoms with Crippen molar-refractivity contribution in [3.05, 3.63) is 64.5 Å². The lowest BCUT2D eigenvalue weighted by Gasteiger charge is -2.32. The monoisotopic (exact) mass is 365 g/mol. The molecule has 1 fully saturated rings. The van der Waals surface area contributed by atoms with Crippen LogP contribution in [0.15, 0.2) is 36.4 Å². The fourth-order valence-corrected chi connectivity index (χ4v) is 3.18. The van der Waals surface area contributed by atoms with Crippen molar-refractivity contribution in [3.63, 3.8) is 0 Å². The number of aryl methyl sites for hydroxylation is 1. The molecule has 3 rings (SSSR count). The summed E-state index contributed by atoms with van der Waals surface area (Å²) in [6.45, 7) is 6.03. The Morgan fingerprint density at radius 2 is 1.96 bits per heavy atom. The molecule has 0 unspecified atom stereocenters. The molecule has 0 saturated carbocycles. The Hall–Kier alpha value is -2.68. The van der Waals surface area contributed by atoms with Gasteiger partial charge in [-0.05, 0) is 43.8 Å². The molecule has 0 aromatic heterocycles. The van der Waals surface area contributed by atoms with E-state index in [1.54, 1.807) is 24.3 Å². The number of likely N-dealkylation sites (N-methyl/N-ethyl adjacent to an activating group) is 1. The highest BCUT2D eigenvalue weighted by atomic mass is 19.1. The van der Waals surface area contributed by atoms with Crippen LogP contribution >= 0.6 is 0 Å². The first kappa shape index (κ1) is 19.1. The Morgan fingerprint density at radius 3 is 2.67 bits per heavy atom. The predicted molar refractivity (Wildman–Crippen MR) is 106 cm³/mol. The van der Waals surface area contributed by atoms with Gasteiger partial charge >= 0.3 is 0 Å². The van der Waals surface area contributed by atoms with Gasteiger partial charge in [0.05, 0.1) is 0 Å². The predicted octanol–water partition coefficient (Wildman–Crippen LogP) is 3.12. The minimum Gasteiger partial charge on any atom is -0.322 e. The van der Waals surface area contributed by atoms with Crippen LogP contribution in [0.2, 0.25) is 0 Å². The first-order valence-electron chi connectivity index (χ1n) is 9.05. The van der Waals surface area contributed by atoms with E-state index in [-0.39, 0.29) is 11.7 Å². The van der Waals surface area contributed by atoms with Crippen molar-refractivity contribution in [1.29, 1.82) is 0 Å². The van der Waals surface area contributed by atoms with Gasteiger partial charge in [0.1, 0.15) is 5.82 Å². The molecule has 140 valence electrons. The first-order chi connectivity index (χ1) is 13.0. The lowest BCUT2D eigenvalue weighted by atomic mass is 10.0. The van der Waals surface area contributed by atoms with Crippen LogP contribution in [0, 0.1) is 25.1 Å². The summed E-state index contributed by atoms with van der Waals surface area (Å²) in [4.78, 5) is 17.1. The molecule has 2 aromatic carbocycles. The SMILES string of the molecule is C#Cc1cc(C(=O)Nc2cccc(F)c2CN2CCN(C)CC2)ccc1C. The standard InChI is InChI=1S/C22H24FN3O/c1-4-17-14-18(9-8-16(17)2)22(27)24-21-7-5-6-20(23)19(21)15-26-12-10-25(3)11-13-26/h1,5-9,14H,10-13,15H2,2-3H3,(H,24,27). The van der Waals surface area contributed by atoms with Gasteiger partial charge in [-0.3, -0.25) is 9.69 Å². The largest absolute Gasteiger partial charge is 0.322 e. The number of nitrogens with zero attached hydrogens (tertiary/aromatic N) is 2. The van der Waals surface area contributed by atoms with Crippen LogP contribution in [0.5, 0.6) is 0 Å². The molecule has 0 spiro atoms. The second kappa shape index (κ2) is 8.34. The molecule has 27 heavy (non-hydrogen) atoms. The lowest BCUT2D eigenvalue weighted by molar-refractivity contribution is 0.102. The summed E-state index contributed by atoms with van der Waals surface area (Å²) in [5.74, 6) is 1.98. The number of nitrogens with one attached hydrogen (secondary N) is 1. The van der Waals surface area contributed by atoms with Gasteiger partial charge in [-0.15, -0.1) is 6.42 Å². The fraction of sp³-hybridized carbons (Fsp3) is 0.318. The number of carbonyl (C=O) groups excluding carboxylic acids is 1. The maximum Gasteiger partial charge on any atom is 0.255 e. The van der Waals surface area contributed by atoms with Gasteiger partial charge in [-0.1, -0.05) is 18.1 Å². The van der Waals surface area contributed by atoms with E-state index in [0.717, 1.165) is 31.7 Å². The van der Waals surface area contributed by atoms with E-state index < -0.39 is 0 Å². The molecule has 5 heteroatoms. The molecule has 1 aliphatic rings. The number of anilines is 1. The summed E-state index contributed by atoms with van der Waals surface area (Å²) in [5.41, 5.74) is 3.10. The van der Waals surface area contributed by atoms with Gasteiger partial charge in [0.2, 0.25) is 0 Å². The number of piperazine rings is 1. The van der Waals surface area contributed by atoms with Crippen LogP contribution in [0.25, 0.3) is 0 Å². The van der Waals surface area contributed by atoms with Crippen molar-refractivity contribution in [1.82, 2.24) is 9.80 Å². The second-order valence-corrected chi connectivity index (χ2v) is 6.97. The molecule has 2 aromatic rings. The van der Waals surface area contributed by atoms with E-state index in [4.69, 9.17) is 6.42 Å². The van der Waals surface area contributed by atoms with E-state index in [0.29, 0.717) is 28.9 Å². The summed E-state index contributed by atoms with van der Waals surface area (Å²) in [5, 5.41) is 2.85. The molecular formula is C22H24FN3O. The van der Waals surface area contributed by atoms with Gasteiger partial charge in [-0.2, -0.15) is 0 Å². The fourth-order valence-electron chi connectivity index (χ4n) is 3.18. The molecule has 0 bridgehead atoms. The number of halogens is 1. The van der Waals surface area contributed by atoms with Gasteiger partial charge in [-0.25, -0.2) is 4.39 Å². The minimum absolute atomic E-state index is 0.295. The number of rotatable bonds is 4. The van der Waals surface area contributed by atoms with Crippen molar-refractivity contribution < 1.29 is 9.18 Å². The molecule has 0 aliphatic carbocycles. The zero-order valence-corrected chi connectivity index (χ0v) is 15.8. The number of benzene rings is 2. The first-order valence-corrected chi connectivity index (χ1v) is 9.05. The summed E-state index contributed by atoms with van der Waals surface area (Å²) in [6.07, 6.45) is 5.49. The normalized spacial score (nSPS) is 15.3. The summed E-state index contributed by atoms with van der Waals surface area (Å²) in [6, 6.07) is 10.0. The Labute approximate surface area is 160 Å². The van der Waals surface area contributed by atoms with Crippen LogP contribution in [0.1, 0.15) is 27.0 Å². The number of amides is 1. The van der Waals surface area contributed by atoms with Crippen LogP contribution < -0.4 is 5.32 Å². The van der Waals surface area contributed by atoms with Crippen molar-refractivity contribution in [2.45, 2.75) is 13.5 Å². The third kappa shape index (κ3) is 4.54. The molecule has 1 saturated heterocycles. The van der Waals surface area contributed by atoms with Crippen molar-refractivity contribution >= 4 is 11.6 Å². The van der Waals surface area contributed by atoms with Gasteiger partial charge in [0.15, 0.2) is 0 Å². The Bertz CT molecular complexity index is 880. The van der Waals surface area contributed by atoms with Crippen LogP contribution in [-0.2, 0) is 6.54 Å². The maximum atomic E-state index is 14.5. The van der Waals surface area contributed by atoms with Gasteiger partial charge in [0, 0.05) is 55.1 Å². The van der Waals surface area contributed by atoms with Crippen molar-refractivity contribution in [3.8, 4) is 12.3 Å². The third-order valence-electron chi connectivity index (χ3n) is 5.00. The van der Waals surface area contributed by atoms with Crippen LogP contribution in [-0.4, -0.2) is 48.9 Å². The number of hydrogen-bond acceptors (Lipinski definition) is 3. The molecule has 4 nitrogen and oxygen atoms in total. The van der Waals surface area contributed by atoms with E-state index in [2.05, 4.69) is 28.1 Å². The number of hydrogen-bond donors (Lipinski definition) is 1. The van der Waals surface area contributed by atoms with E-state index in [1.165, 1.54) is 6.07 Å². The maximum absolute atomic E-state index is 14.5. The topological polar surface area (TPSA) is 35.6 Å². The zero-order chi connectivity index (χ0) is 19.4. The average Bonchev–Trinajstić information content (AvgIpc) is 2.66. The van der Waals surface area contributed by atoms with Crippen molar-refractivity contribution in [2.24, 2.45) is 0 Å².